The highest BCUT2D eigenvalue weighted by atomic mass is 16.1. The van der Waals surface area contributed by atoms with E-state index < -0.39 is 0 Å². The summed E-state index contributed by atoms with van der Waals surface area (Å²) < 4.78 is 0. The van der Waals surface area contributed by atoms with Gasteiger partial charge in [0, 0.05) is 19.5 Å². The van der Waals surface area contributed by atoms with Crippen LogP contribution in [0, 0.1) is 24.2 Å². The fourth-order valence-electron chi connectivity index (χ4n) is 2.69. The highest BCUT2D eigenvalue weighted by Gasteiger charge is 2.19. The monoisotopic (exact) mass is 272 g/mol. The minimum Gasteiger partial charge on any atom is -0.370 e. The summed E-state index contributed by atoms with van der Waals surface area (Å²) in [7, 11) is 0. The molecule has 1 aromatic heterocycles. The standard InChI is InChI=1S/C15H20N4O/c1-11-4-5-15(18-13(11)10-16)19-7-2-3-12(6-8-19)9-14(17)20/h4-5,12H,2-3,6-9H2,1H3,(H2,17,20). The Balaban J connectivity index is 2.07. The number of rotatable bonds is 3. The van der Waals surface area contributed by atoms with Gasteiger partial charge >= 0.3 is 0 Å². The molecule has 20 heavy (non-hydrogen) atoms. The van der Waals surface area contributed by atoms with Crippen LogP contribution < -0.4 is 10.6 Å². The van der Waals surface area contributed by atoms with Crippen LogP contribution in [0.15, 0.2) is 12.1 Å². The van der Waals surface area contributed by atoms with E-state index in [4.69, 9.17) is 11.0 Å². The van der Waals surface area contributed by atoms with Gasteiger partial charge in [-0.25, -0.2) is 4.98 Å². The number of amides is 1. The Bertz CT molecular complexity index is 535. The number of nitrogens with two attached hydrogens (primary N) is 1. The maximum absolute atomic E-state index is 11.0. The Hall–Kier alpha value is -2.09. The van der Waals surface area contributed by atoms with Crippen molar-refractivity contribution in [2.24, 2.45) is 11.7 Å². The lowest BCUT2D eigenvalue weighted by atomic mass is 9.97. The van der Waals surface area contributed by atoms with Crippen molar-refractivity contribution in [1.29, 1.82) is 5.26 Å². The average molecular weight is 272 g/mol. The lowest BCUT2D eigenvalue weighted by Gasteiger charge is -2.22. The summed E-state index contributed by atoms with van der Waals surface area (Å²) in [6, 6.07) is 6.03. The summed E-state index contributed by atoms with van der Waals surface area (Å²) in [5.41, 5.74) is 6.66. The van der Waals surface area contributed by atoms with Crippen molar-refractivity contribution in [2.45, 2.75) is 32.6 Å². The number of carbonyl (C=O) groups excluding carboxylic acids is 1. The number of anilines is 1. The average Bonchev–Trinajstić information content (AvgIpc) is 2.64. The lowest BCUT2D eigenvalue weighted by molar-refractivity contribution is -0.118. The molecular weight excluding hydrogens is 252 g/mol. The van der Waals surface area contributed by atoms with E-state index in [1.54, 1.807) is 0 Å². The van der Waals surface area contributed by atoms with E-state index in [1.807, 2.05) is 19.1 Å². The molecule has 1 unspecified atom stereocenters. The number of carbonyl (C=O) groups is 1. The summed E-state index contributed by atoms with van der Waals surface area (Å²) >= 11 is 0. The molecule has 2 heterocycles. The SMILES string of the molecule is Cc1ccc(N2CCCC(CC(N)=O)CC2)nc1C#N. The quantitative estimate of drug-likeness (QED) is 0.908. The molecule has 1 aliphatic rings. The summed E-state index contributed by atoms with van der Waals surface area (Å²) in [5, 5.41) is 9.06. The molecule has 106 valence electrons. The molecule has 0 spiro atoms. The van der Waals surface area contributed by atoms with Crippen LogP contribution in [0.25, 0.3) is 0 Å². The van der Waals surface area contributed by atoms with Crippen molar-refractivity contribution in [3.05, 3.63) is 23.4 Å². The van der Waals surface area contributed by atoms with Crippen molar-refractivity contribution < 1.29 is 4.79 Å². The van der Waals surface area contributed by atoms with E-state index in [1.165, 1.54) is 0 Å². The van der Waals surface area contributed by atoms with Crippen molar-refractivity contribution >= 4 is 11.7 Å². The van der Waals surface area contributed by atoms with Gasteiger partial charge in [-0.05, 0) is 43.7 Å². The molecule has 0 aliphatic carbocycles. The van der Waals surface area contributed by atoms with Crippen LogP contribution in [0.5, 0.6) is 0 Å². The molecule has 1 aliphatic heterocycles. The second-order valence-corrected chi connectivity index (χ2v) is 5.40. The maximum Gasteiger partial charge on any atom is 0.217 e. The predicted molar refractivity (Wildman–Crippen MR) is 77.1 cm³/mol. The van der Waals surface area contributed by atoms with Crippen LogP contribution >= 0.6 is 0 Å². The smallest absolute Gasteiger partial charge is 0.217 e. The number of hydrogen-bond donors (Lipinski definition) is 1. The Morgan fingerprint density at radius 1 is 1.50 bits per heavy atom. The summed E-state index contributed by atoms with van der Waals surface area (Å²) in [6.45, 7) is 3.66. The maximum atomic E-state index is 11.0. The number of pyridine rings is 1. The van der Waals surface area contributed by atoms with E-state index in [2.05, 4.69) is 16.0 Å². The van der Waals surface area contributed by atoms with Crippen LogP contribution in [0.2, 0.25) is 0 Å². The van der Waals surface area contributed by atoms with Crippen LogP contribution in [0.3, 0.4) is 0 Å². The second kappa shape index (κ2) is 6.38. The van der Waals surface area contributed by atoms with Gasteiger partial charge in [-0.15, -0.1) is 0 Å². The molecule has 0 radical (unpaired) electrons. The van der Waals surface area contributed by atoms with Gasteiger partial charge in [0.2, 0.25) is 5.91 Å². The van der Waals surface area contributed by atoms with Crippen LogP contribution in [-0.4, -0.2) is 24.0 Å². The molecule has 0 bridgehead atoms. The number of aryl methyl sites for hydroxylation is 1. The number of nitrogens with zero attached hydrogens (tertiary/aromatic N) is 3. The molecule has 1 saturated heterocycles. The molecular formula is C15H20N4O. The first-order valence-electron chi connectivity index (χ1n) is 7.01. The first-order valence-corrected chi connectivity index (χ1v) is 7.01. The van der Waals surface area contributed by atoms with Gasteiger partial charge in [-0.2, -0.15) is 5.26 Å². The number of primary amides is 1. The highest BCUT2D eigenvalue weighted by molar-refractivity contribution is 5.74. The fraction of sp³-hybridized carbons (Fsp3) is 0.533. The van der Waals surface area contributed by atoms with Gasteiger partial charge in [0.05, 0.1) is 0 Å². The third-order valence-electron chi connectivity index (χ3n) is 3.85. The summed E-state index contributed by atoms with van der Waals surface area (Å²) in [5.74, 6) is 1.01. The third-order valence-corrected chi connectivity index (χ3v) is 3.85. The molecule has 2 N–H and O–H groups in total. The Kier molecular flexibility index (Phi) is 4.57. The minimum absolute atomic E-state index is 0.219. The zero-order valence-corrected chi connectivity index (χ0v) is 11.8. The molecule has 2 rings (SSSR count). The van der Waals surface area contributed by atoms with Gasteiger partial charge < -0.3 is 10.6 Å². The Morgan fingerprint density at radius 3 is 3.00 bits per heavy atom. The zero-order chi connectivity index (χ0) is 14.5. The van der Waals surface area contributed by atoms with Crippen molar-refractivity contribution in [3.63, 3.8) is 0 Å². The fourth-order valence-corrected chi connectivity index (χ4v) is 2.69. The van der Waals surface area contributed by atoms with Gasteiger partial charge in [0.1, 0.15) is 17.6 Å². The van der Waals surface area contributed by atoms with E-state index >= 15 is 0 Å². The Labute approximate surface area is 119 Å². The van der Waals surface area contributed by atoms with Gasteiger partial charge in [-0.3, -0.25) is 4.79 Å². The van der Waals surface area contributed by atoms with E-state index in [9.17, 15) is 4.79 Å². The van der Waals surface area contributed by atoms with Gasteiger partial charge in [-0.1, -0.05) is 6.07 Å². The first kappa shape index (κ1) is 14.3. The first-order chi connectivity index (χ1) is 9.60. The number of nitriles is 1. The normalized spacial score (nSPS) is 19.2. The third kappa shape index (κ3) is 3.47. The summed E-state index contributed by atoms with van der Waals surface area (Å²) in [6.07, 6.45) is 3.46. The molecule has 1 fully saturated rings. The molecule has 0 saturated carbocycles. The highest BCUT2D eigenvalue weighted by Crippen LogP contribution is 2.24. The lowest BCUT2D eigenvalue weighted by Crippen LogP contribution is -2.25. The second-order valence-electron chi connectivity index (χ2n) is 5.40. The molecule has 1 aromatic rings. The van der Waals surface area contributed by atoms with E-state index in [-0.39, 0.29) is 5.91 Å². The van der Waals surface area contributed by atoms with E-state index in [0.29, 0.717) is 18.0 Å². The van der Waals surface area contributed by atoms with Crippen LogP contribution in [0.4, 0.5) is 5.82 Å². The molecule has 1 amide bonds. The molecule has 5 heteroatoms. The van der Waals surface area contributed by atoms with Crippen LogP contribution in [-0.2, 0) is 4.79 Å². The van der Waals surface area contributed by atoms with Gasteiger partial charge in [0.15, 0.2) is 0 Å². The zero-order valence-electron chi connectivity index (χ0n) is 11.8. The van der Waals surface area contributed by atoms with Crippen molar-refractivity contribution in [2.75, 3.05) is 18.0 Å². The molecule has 5 nitrogen and oxygen atoms in total. The Morgan fingerprint density at radius 2 is 2.30 bits per heavy atom. The number of hydrogen-bond acceptors (Lipinski definition) is 4. The molecule has 0 aromatic carbocycles. The van der Waals surface area contributed by atoms with Crippen molar-refractivity contribution in [3.8, 4) is 6.07 Å². The predicted octanol–water partition coefficient (Wildman–Crippen LogP) is 1.74. The number of aromatic nitrogens is 1. The topological polar surface area (TPSA) is 83.0 Å². The van der Waals surface area contributed by atoms with Crippen LogP contribution in [0.1, 0.15) is 36.9 Å². The largest absolute Gasteiger partial charge is 0.370 e. The van der Waals surface area contributed by atoms with Crippen molar-refractivity contribution in [1.82, 2.24) is 4.98 Å². The summed E-state index contributed by atoms with van der Waals surface area (Å²) in [4.78, 5) is 17.6. The minimum atomic E-state index is -0.219. The van der Waals surface area contributed by atoms with Gasteiger partial charge in [0.25, 0.3) is 0 Å². The molecule has 1 atom stereocenters. The van der Waals surface area contributed by atoms with E-state index in [0.717, 1.165) is 43.7 Å².